The molecule has 1 aliphatic rings. The summed E-state index contributed by atoms with van der Waals surface area (Å²) in [6.07, 6.45) is 3.48. The molecule has 0 spiro atoms. The molecule has 7 heteroatoms. The molecule has 0 radical (unpaired) electrons. The van der Waals surface area contributed by atoms with E-state index in [2.05, 4.69) is 15.6 Å². The number of amides is 2. The highest BCUT2D eigenvalue weighted by Gasteiger charge is 2.25. The van der Waals surface area contributed by atoms with Crippen LogP contribution < -0.4 is 10.6 Å². The fraction of sp³-hybridized carbons (Fsp3) is 0.312. The summed E-state index contributed by atoms with van der Waals surface area (Å²) < 4.78 is 0. The standard InChI is InChI=1S/C16H16ClN3O2S/c17-12-3-1-2-10(6-12)7-13-9-19-16(23-13)20-15(22)11-4-5-14(21)18-8-11/h1-3,6,9,11H,4-5,7-8H2,(H,18,21)(H,19,20,22). The number of nitrogens with zero attached hydrogens (tertiary/aromatic N) is 1. The molecule has 2 N–H and O–H groups in total. The van der Waals surface area contributed by atoms with Crippen LogP contribution in [0.25, 0.3) is 0 Å². The minimum absolute atomic E-state index is 0.00658. The van der Waals surface area contributed by atoms with Gasteiger partial charge in [-0.1, -0.05) is 23.7 Å². The van der Waals surface area contributed by atoms with Gasteiger partial charge in [0.1, 0.15) is 0 Å². The van der Waals surface area contributed by atoms with Gasteiger partial charge < -0.3 is 10.6 Å². The molecule has 1 aliphatic heterocycles. The predicted molar refractivity (Wildman–Crippen MR) is 90.7 cm³/mol. The first kappa shape index (κ1) is 16.0. The summed E-state index contributed by atoms with van der Waals surface area (Å²) in [5, 5.41) is 6.84. The Hall–Kier alpha value is -1.92. The van der Waals surface area contributed by atoms with Gasteiger partial charge >= 0.3 is 0 Å². The Kier molecular flexibility index (Phi) is 4.93. The van der Waals surface area contributed by atoms with Crippen molar-refractivity contribution in [2.24, 2.45) is 5.92 Å². The van der Waals surface area contributed by atoms with Crippen molar-refractivity contribution >= 4 is 39.9 Å². The molecule has 0 aliphatic carbocycles. The lowest BCUT2D eigenvalue weighted by atomic mass is 9.98. The van der Waals surface area contributed by atoms with Gasteiger partial charge in [-0.2, -0.15) is 0 Å². The number of thiazole rings is 1. The van der Waals surface area contributed by atoms with Crippen molar-refractivity contribution in [2.45, 2.75) is 19.3 Å². The maximum absolute atomic E-state index is 12.2. The SMILES string of the molecule is O=C1CCC(C(=O)Nc2ncc(Cc3cccc(Cl)c3)s2)CN1. The Morgan fingerprint density at radius 1 is 1.48 bits per heavy atom. The van der Waals surface area contributed by atoms with Gasteiger partial charge in [0.25, 0.3) is 0 Å². The van der Waals surface area contributed by atoms with E-state index in [-0.39, 0.29) is 17.7 Å². The van der Waals surface area contributed by atoms with Gasteiger partial charge in [0.15, 0.2) is 5.13 Å². The normalized spacial score (nSPS) is 17.6. The van der Waals surface area contributed by atoms with E-state index in [1.807, 2.05) is 24.3 Å². The number of benzene rings is 1. The molecule has 1 aromatic carbocycles. The largest absolute Gasteiger partial charge is 0.355 e. The third-order valence-electron chi connectivity index (χ3n) is 3.69. The molecule has 1 saturated heterocycles. The molecule has 1 aromatic heterocycles. The minimum atomic E-state index is -0.187. The lowest BCUT2D eigenvalue weighted by Crippen LogP contribution is -2.40. The van der Waals surface area contributed by atoms with Crippen LogP contribution >= 0.6 is 22.9 Å². The zero-order valence-electron chi connectivity index (χ0n) is 12.3. The smallest absolute Gasteiger partial charge is 0.231 e. The third kappa shape index (κ3) is 4.30. The van der Waals surface area contributed by atoms with Crippen LogP contribution in [0.1, 0.15) is 23.3 Å². The highest BCUT2D eigenvalue weighted by atomic mass is 35.5. The quantitative estimate of drug-likeness (QED) is 0.891. The number of nitrogens with one attached hydrogen (secondary N) is 2. The Labute approximate surface area is 143 Å². The zero-order chi connectivity index (χ0) is 16.2. The van der Waals surface area contributed by atoms with E-state index in [1.165, 1.54) is 11.3 Å². The molecular weight excluding hydrogens is 334 g/mol. The summed E-state index contributed by atoms with van der Waals surface area (Å²) in [7, 11) is 0. The Morgan fingerprint density at radius 3 is 3.09 bits per heavy atom. The van der Waals surface area contributed by atoms with Gasteiger partial charge in [-0.05, 0) is 24.1 Å². The first-order valence-electron chi connectivity index (χ1n) is 7.37. The van der Waals surface area contributed by atoms with Crippen LogP contribution in [0.15, 0.2) is 30.5 Å². The van der Waals surface area contributed by atoms with Gasteiger partial charge in [0.2, 0.25) is 11.8 Å². The van der Waals surface area contributed by atoms with E-state index >= 15 is 0 Å². The van der Waals surface area contributed by atoms with Crippen LogP contribution in [-0.2, 0) is 16.0 Å². The second-order valence-corrected chi connectivity index (χ2v) is 7.02. The molecule has 0 saturated carbocycles. The van der Waals surface area contributed by atoms with Crippen LogP contribution in [0.5, 0.6) is 0 Å². The second kappa shape index (κ2) is 7.10. The van der Waals surface area contributed by atoms with Gasteiger partial charge in [0, 0.05) is 35.5 Å². The number of anilines is 1. The predicted octanol–water partition coefficient (Wildman–Crippen LogP) is 2.85. The highest BCUT2D eigenvalue weighted by Crippen LogP contribution is 2.23. The molecular formula is C16H16ClN3O2S. The molecule has 1 unspecified atom stereocenters. The fourth-order valence-corrected chi connectivity index (χ4v) is 3.52. The molecule has 1 atom stereocenters. The van der Waals surface area contributed by atoms with E-state index in [0.717, 1.165) is 16.9 Å². The summed E-state index contributed by atoms with van der Waals surface area (Å²) in [4.78, 5) is 28.6. The average molecular weight is 350 g/mol. The average Bonchev–Trinajstić information content (AvgIpc) is 2.95. The Bertz CT molecular complexity index is 722. The van der Waals surface area contributed by atoms with Crippen molar-refractivity contribution < 1.29 is 9.59 Å². The molecule has 2 amide bonds. The summed E-state index contributed by atoms with van der Waals surface area (Å²) in [6, 6.07) is 7.68. The summed E-state index contributed by atoms with van der Waals surface area (Å²) in [5.74, 6) is -0.270. The van der Waals surface area contributed by atoms with Crippen LogP contribution in [0, 0.1) is 5.92 Å². The molecule has 1 fully saturated rings. The number of piperidine rings is 1. The Balaban J connectivity index is 1.58. The van der Waals surface area contributed by atoms with Crippen LogP contribution in [-0.4, -0.2) is 23.3 Å². The van der Waals surface area contributed by atoms with Crippen molar-refractivity contribution in [3.8, 4) is 0 Å². The number of halogens is 1. The molecule has 2 aromatic rings. The van der Waals surface area contributed by atoms with Crippen LogP contribution in [0.2, 0.25) is 5.02 Å². The number of hydrogen-bond donors (Lipinski definition) is 2. The van der Waals surface area contributed by atoms with Crippen molar-refractivity contribution in [3.05, 3.63) is 45.9 Å². The van der Waals surface area contributed by atoms with E-state index in [4.69, 9.17) is 11.6 Å². The Morgan fingerprint density at radius 2 is 2.35 bits per heavy atom. The first-order valence-corrected chi connectivity index (χ1v) is 8.56. The molecule has 120 valence electrons. The molecule has 3 rings (SSSR count). The number of hydrogen-bond acceptors (Lipinski definition) is 4. The van der Waals surface area contributed by atoms with Crippen LogP contribution in [0.3, 0.4) is 0 Å². The van der Waals surface area contributed by atoms with Gasteiger partial charge in [-0.15, -0.1) is 11.3 Å². The number of rotatable bonds is 4. The van der Waals surface area contributed by atoms with Crippen molar-refractivity contribution in [1.29, 1.82) is 0 Å². The summed E-state index contributed by atoms with van der Waals surface area (Å²) >= 11 is 7.44. The van der Waals surface area contributed by atoms with Gasteiger partial charge in [0.05, 0.1) is 5.92 Å². The fourth-order valence-electron chi connectivity index (χ4n) is 2.46. The topological polar surface area (TPSA) is 71.1 Å². The molecule has 2 heterocycles. The monoisotopic (exact) mass is 349 g/mol. The maximum atomic E-state index is 12.2. The third-order valence-corrected chi connectivity index (χ3v) is 4.84. The van der Waals surface area contributed by atoms with E-state index in [0.29, 0.717) is 29.5 Å². The highest BCUT2D eigenvalue weighted by molar-refractivity contribution is 7.15. The first-order chi connectivity index (χ1) is 11.1. The molecule has 5 nitrogen and oxygen atoms in total. The number of aromatic nitrogens is 1. The maximum Gasteiger partial charge on any atom is 0.231 e. The minimum Gasteiger partial charge on any atom is -0.355 e. The summed E-state index contributed by atoms with van der Waals surface area (Å²) in [6.45, 7) is 0.394. The zero-order valence-corrected chi connectivity index (χ0v) is 13.9. The van der Waals surface area contributed by atoms with E-state index in [9.17, 15) is 9.59 Å². The van der Waals surface area contributed by atoms with Crippen molar-refractivity contribution in [3.63, 3.8) is 0 Å². The van der Waals surface area contributed by atoms with Gasteiger partial charge in [-0.3, -0.25) is 9.59 Å². The summed E-state index contributed by atoms with van der Waals surface area (Å²) in [5.41, 5.74) is 1.11. The second-order valence-electron chi connectivity index (χ2n) is 5.47. The number of carbonyl (C=O) groups excluding carboxylic acids is 2. The van der Waals surface area contributed by atoms with E-state index in [1.54, 1.807) is 6.20 Å². The number of carbonyl (C=O) groups is 2. The molecule has 23 heavy (non-hydrogen) atoms. The van der Waals surface area contributed by atoms with Gasteiger partial charge in [-0.25, -0.2) is 4.98 Å². The van der Waals surface area contributed by atoms with Crippen LogP contribution in [0.4, 0.5) is 5.13 Å². The lowest BCUT2D eigenvalue weighted by Gasteiger charge is -2.20. The van der Waals surface area contributed by atoms with Crippen molar-refractivity contribution in [1.82, 2.24) is 10.3 Å². The lowest BCUT2D eigenvalue weighted by molar-refractivity contribution is -0.126. The molecule has 0 bridgehead atoms. The van der Waals surface area contributed by atoms with E-state index < -0.39 is 0 Å². The van der Waals surface area contributed by atoms with Crippen molar-refractivity contribution in [2.75, 3.05) is 11.9 Å².